The van der Waals surface area contributed by atoms with E-state index in [-0.39, 0.29) is 20.1 Å². The van der Waals surface area contributed by atoms with Crippen molar-refractivity contribution in [3.8, 4) is 22.9 Å². The summed E-state index contributed by atoms with van der Waals surface area (Å²) in [5.41, 5.74) is 14.5. The first-order valence-corrected chi connectivity index (χ1v) is 23.8. The fraction of sp³-hybridized carbons (Fsp3) is 0.429. The van der Waals surface area contributed by atoms with Crippen molar-refractivity contribution in [3.63, 3.8) is 0 Å². The first-order chi connectivity index (χ1) is 23.4. The Morgan fingerprint density at radius 3 is 1.04 bits per heavy atom. The van der Waals surface area contributed by atoms with E-state index in [1.807, 2.05) is 0 Å². The van der Waals surface area contributed by atoms with Gasteiger partial charge in [-0.25, -0.2) is 9.97 Å². The highest BCUT2D eigenvalue weighted by Crippen LogP contribution is 2.45. The predicted molar refractivity (Wildman–Crippen MR) is 228 cm³/mol. The van der Waals surface area contributed by atoms with Crippen LogP contribution in [0.2, 0.25) is 53.3 Å². The molecule has 0 spiro atoms. The topological polar surface area (TPSA) is 25.8 Å². The van der Waals surface area contributed by atoms with Gasteiger partial charge in [-0.15, -0.1) is 11.1 Å². The maximum atomic E-state index is 6.86. The van der Waals surface area contributed by atoms with Crippen molar-refractivity contribution < 1.29 is 0 Å². The standard InChI is InChI=1S/C42H48Cl4N2Si2/c1-23(2)49(24(3)4,25(5)6)19-17-31-33-21-29-15-13-14-16-30(29)22-34(33)32(18-20-50(26(7)8,27(9)10)28(11)12)40-39(31)47-41-37(45)35(43)36(44)38(46)42(41)48-40/h13-16,21-28H,1-12H3. The lowest BCUT2D eigenvalue weighted by Gasteiger charge is -2.38. The van der Waals surface area contributed by atoms with Crippen LogP contribution in [0.5, 0.6) is 0 Å². The van der Waals surface area contributed by atoms with Crippen LogP contribution >= 0.6 is 46.4 Å². The van der Waals surface area contributed by atoms with E-state index >= 15 is 0 Å². The zero-order valence-corrected chi connectivity index (χ0v) is 36.4. The van der Waals surface area contributed by atoms with Crippen molar-refractivity contribution in [2.45, 2.75) is 116 Å². The number of nitrogens with zero attached hydrogens (tertiary/aromatic N) is 2. The van der Waals surface area contributed by atoms with Crippen molar-refractivity contribution in [1.29, 1.82) is 0 Å². The van der Waals surface area contributed by atoms with Crippen molar-refractivity contribution in [2.24, 2.45) is 0 Å². The second-order valence-electron chi connectivity index (χ2n) is 15.7. The number of fused-ring (bicyclic) bond motifs is 4. The molecule has 1 heterocycles. The average molecular weight is 779 g/mol. The zero-order valence-electron chi connectivity index (χ0n) is 31.3. The molecule has 0 aliphatic carbocycles. The number of hydrogen-bond acceptors (Lipinski definition) is 2. The summed E-state index contributed by atoms with van der Waals surface area (Å²) in [6.07, 6.45) is 0. The summed E-state index contributed by atoms with van der Waals surface area (Å²) in [6.45, 7) is 28.0. The molecule has 0 saturated carbocycles. The van der Waals surface area contributed by atoms with Gasteiger partial charge in [0.2, 0.25) is 0 Å². The van der Waals surface area contributed by atoms with E-state index in [0.29, 0.717) is 55.3 Å². The van der Waals surface area contributed by atoms with Crippen LogP contribution < -0.4 is 0 Å². The molecule has 0 unspecified atom stereocenters. The average Bonchev–Trinajstić information content (AvgIpc) is 3.05. The van der Waals surface area contributed by atoms with Gasteiger partial charge in [0.05, 0.1) is 31.2 Å². The number of aromatic nitrogens is 2. The first kappa shape index (κ1) is 38.9. The van der Waals surface area contributed by atoms with Gasteiger partial charge in [0.1, 0.15) is 38.2 Å². The van der Waals surface area contributed by atoms with Gasteiger partial charge in [-0.05, 0) is 56.2 Å². The van der Waals surface area contributed by atoms with E-state index in [4.69, 9.17) is 56.4 Å². The molecule has 50 heavy (non-hydrogen) atoms. The Morgan fingerprint density at radius 1 is 0.460 bits per heavy atom. The summed E-state index contributed by atoms with van der Waals surface area (Å²) >= 11 is 26.9. The molecular weight excluding hydrogens is 730 g/mol. The molecule has 0 aliphatic rings. The Morgan fingerprint density at radius 2 is 0.760 bits per heavy atom. The third kappa shape index (κ3) is 6.27. The molecule has 5 aromatic rings. The van der Waals surface area contributed by atoms with Gasteiger partial charge in [0, 0.05) is 10.8 Å². The predicted octanol–water partition coefficient (Wildman–Crippen LogP) is 14.8. The third-order valence-corrected chi connectivity index (χ3v) is 25.7. The van der Waals surface area contributed by atoms with Crippen LogP contribution in [0.15, 0.2) is 36.4 Å². The summed E-state index contributed by atoms with van der Waals surface area (Å²) in [5, 5.41) is 5.02. The molecule has 0 N–H and O–H groups in total. The van der Waals surface area contributed by atoms with Crippen LogP contribution in [0.25, 0.3) is 43.6 Å². The van der Waals surface area contributed by atoms with E-state index in [9.17, 15) is 0 Å². The Bertz CT molecular complexity index is 2060. The molecule has 0 amide bonds. The van der Waals surface area contributed by atoms with E-state index in [2.05, 4.69) is 142 Å². The molecule has 5 rings (SSSR count). The summed E-state index contributed by atoms with van der Waals surface area (Å²) in [4.78, 5) is 10.5. The molecule has 0 atom stereocenters. The number of hydrogen-bond donors (Lipinski definition) is 0. The maximum Gasteiger partial charge on any atom is 0.146 e. The second-order valence-corrected chi connectivity index (χ2v) is 28.3. The van der Waals surface area contributed by atoms with Crippen LogP contribution in [0.1, 0.15) is 94.2 Å². The first-order valence-electron chi connectivity index (χ1n) is 17.8. The number of benzene rings is 4. The number of halogens is 4. The molecule has 0 fully saturated rings. The van der Waals surface area contributed by atoms with Crippen LogP contribution in [0, 0.1) is 22.9 Å². The van der Waals surface area contributed by atoms with Gasteiger partial charge in [-0.1, -0.05) is 166 Å². The molecular formula is C42H48Cl4N2Si2. The van der Waals surface area contributed by atoms with Gasteiger partial charge < -0.3 is 0 Å². The summed E-state index contributed by atoms with van der Waals surface area (Å²) in [5.74, 6) is 7.59. The minimum atomic E-state index is -2.14. The van der Waals surface area contributed by atoms with Crippen molar-refractivity contribution in [3.05, 3.63) is 67.6 Å². The van der Waals surface area contributed by atoms with Crippen molar-refractivity contribution in [1.82, 2.24) is 9.97 Å². The van der Waals surface area contributed by atoms with Crippen LogP contribution in [0.4, 0.5) is 0 Å². The molecule has 2 nitrogen and oxygen atoms in total. The quantitative estimate of drug-likeness (QED) is 0.0564. The molecule has 1 aromatic heterocycles. The molecule has 4 aromatic carbocycles. The molecule has 262 valence electrons. The highest BCUT2D eigenvalue weighted by molar-refractivity contribution is 6.91. The molecule has 8 heteroatoms. The normalized spacial score (nSPS) is 12.8. The van der Waals surface area contributed by atoms with Crippen molar-refractivity contribution in [2.75, 3.05) is 0 Å². The van der Waals surface area contributed by atoms with Gasteiger partial charge in [-0.2, -0.15) is 0 Å². The lowest BCUT2D eigenvalue weighted by atomic mass is 9.94. The molecule has 0 radical (unpaired) electrons. The van der Waals surface area contributed by atoms with Gasteiger partial charge in [-0.3, -0.25) is 0 Å². The monoisotopic (exact) mass is 776 g/mol. The summed E-state index contributed by atoms with van der Waals surface area (Å²) in [7, 11) is -4.28. The summed E-state index contributed by atoms with van der Waals surface area (Å²) < 4.78 is 0. The summed E-state index contributed by atoms with van der Waals surface area (Å²) in [6, 6.07) is 12.9. The Kier molecular flexibility index (Phi) is 11.4. The van der Waals surface area contributed by atoms with Crippen LogP contribution in [0.3, 0.4) is 0 Å². The highest BCUT2D eigenvalue weighted by atomic mass is 35.5. The van der Waals surface area contributed by atoms with Crippen LogP contribution in [-0.2, 0) is 0 Å². The smallest absolute Gasteiger partial charge is 0.146 e. The minimum Gasteiger partial charge on any atom is -0.241 e. The van der Waals surface area contributed by atoms with Gasteiger partial charge in [0.25, 0.3) is 0 Å². The fourth-order valence-electron chi connectivity index (χ4n) is 8.86. The minimum absolute atomic E-state index is 0.159. The van der Waals surface area contributed by atoms with Crippen LogP contribution in [-0.4, -0.2) is 26.1 Å². The third-order valence-electron chi connectivity index (χ3n) is 11.3. The molecule has 0 aliphatic heterocycles. The van der Waals surface area contributed by atoms with E-state index < -0.39 is 16.1 Å². The van der Waals surface area contributed by atoms with Gasteiger partial charge in [0.15, 0.2) is 0 Å². The molecule has 0 bridgehead atoms. The zero-order chi connectivity index (χ0) is 37.0. The van der Waals surface area contributed by atoms with Crippen molar-refractivity contribution >= 4 is 106 Å². The van der Waals surface area contributed by atoms with E-state index in [0.717, 1.165) is 32.7 Å². The van der Waals surface area contributed by atoms with E-state index in [1.165, 1.54) is 0 Å². The Hall–Kier alpha value is -2.29. The molecule has 0 saturated heterocycles. The highest BCUT2D eigenvalue weighted by Gasteiger charge is 2.43. The lowest BCUT2D eigenvalue weighted by Crippen LogP contribution is -2.43. The van der Waals surface area contributed by atoms with E-state index in [1.54, 1.807) is 0 Å². The maximum absolute atomic E-state index is 6.86. The second kappa shape index (κ2) is 14.6. The largest absolute Gasteiger partial charge is 0.241 e. The Labute approximate surface area is 321 Å². The van der Waals surface area contributed by atoms with Gasteiger partial charge >= 0.3 is 0 Å². The Balaban J connectivity index is 2.11. The number of rotatable bonds is 6. The fourth-order valence-corrected chi connectivity index (χ4v) is 20.2. The lowest BCUT2D eigenvalue weighted by molar-refractivity contribution is 0.838. The SMILES string of the molecule is CC(C)[Si](C#Cc1c2cc3ccccc3cc2c(C#C[Si](C(C)C)(C(C)C)C(C)C)c2nc3c(Cl)c(Cl)c(Cl)c(Cl)c3nc12)(C(C)C)C(C)C.